The summed E-state index contributed by atoms with van der Waals surface area (Å²) in [6.45, 7) is 6.21. The Morgan fingerprint density at radius 3 is 1.31 bits per heavy atom. The molecule has 0 amide bonds. The van der Waals surface area contributed by atoms with Gasteiger partial charge in [-0.05, 0) is 52.0 Å². The summed E-state index contributed by atoms with van der Waals surface area (Å²) < 4.78 is 43.9. The molecular weight excluding hydrogens is 495 g/mol. The molecule has 0 aromatic heterocycles. The molecule has 2 rings (SSSR count). The third-order valence-corrected chi connectivity index (χ3v) is 7.58. The summed E-state index contributed by atoms with van der Waals surface area (Å²) in [5, 5.41) is 0. The Morgan fingerprint density at radius 2 is 1.03 bits per heavy atom. The third-order valence-electron chi connectivity index (χ3n) is 6.69. The number of rotatable bonds is 8. The Balaban J connectivity index is 2.46. The summed E-state index contributed by atoms with van der Waals surface area (Å²) in [7, 11) is 1.29. The smallest absolute Gasteiger partial charge is 0.337 e. The molecule has 11 nitrogen and oxygen atoms in total. The van der Waals surface area contributed by atoms with Gasteiger partial charge in [-0.15, -0.1) is 0 Å². The van der Waals surface area contributed by atoms with Gasteiger partial charge >= 0.3 is 32.1 Å². The molecule has 0 bridgehead atoms. The minimum absolute atomic E-state index is 0.0832. The van der Waals surface area contributed by atoms with Crippen LogP contribution < -0.4 is 0 Å². The van der Waals surface area contributed by atoms with Crippen LogP contribution in [0.2, 0.25) is 0 Å². The summed E-state index contributed by atoms with van der Waals surface area (Å²) in [5.41, 5.74) is -1.92. The van der Waals surface area contributed by atoms with Gasteiger partial charge in [0.15, 0.2) is 0 Å². The number of carbonyl (C=O) groups is 4. The van der Waals surface area contributed by atoms with Crippen LogP contribution in [0.4, 0.5) is 0 Å². The number of ether oxygens (including phenoxy) is 4. The zero-order valence-electron chi connectivity index (χ0n) is 21.5. The Labute approximate surface area is 210 Å². The molecule has 0 N–H and O–H groups in total. The fourth-order valence-corrected chi connectivity index (χ4v) is 5.06. The van der Waals surface area contributed by atoms with Gasteiger partial charge in [-0.25, -0.2) is 9.59 Å². The Bertz CT molecular complexity index is 1020. The van der Waals surface area contributed by atoms with Crippen LogP contribution in [0.25, 0.3) is 0 Å². The number of methoxy groups -OCH3 is 4. The van der Waals surface area contributed by atoms with Gasteiger partial charge in [-0.3, -0.25) is 14.2 Å². The molecule has 0 aliphatic heterocycles. The van der Waals surface area contributed by atoms with E-state index in [4.69, 9.17) is 28.0 Å². The van der Waals surface area contributed by atoms with Gasteiger partial charge in [-0.2, -0.15) is 0 Å². The van der Waals surface area contributed by atoms with Gasteiger partial charge in [0.1, 0.15) is 23.0 Å². The summed E-state index contributed by atoms with van der Waals surface area (Å²) in [5.74, 6) is -2.76. The molecule has 4 atom stereocenters. The van der Waals surface area contributed by atoms with Crippen LogP contribution in [0.1, 0.15) is 27.7 Å². The maximum atomic E-state index is 13.2. The molecule has 0 saturated carbocycles. The second kappa shape index (κ2) is 11.4. The highest BCUT2D eigenvalue weighted by Gasteiger charge is 2.50. The van der Waals surface area contributed by atoms with Gasteiger partial charge in [0, 0.05) is 0 Å². The van der Waals surface area contributed by atoms with Crippen molar-refractivity contribution in [3.05, 3.63) is 46.6 Å². The molecule has 0 saturated heterocycles. The van der Waals surface area contributed by atoms with Gasteiger partial charge in [0.05, 0.1) is 39.6 Å². The Morgan fingerprint density at radius 1 is 0.694 bits per heavy atom. The molecule has 0 fully saturated rings. The lowest BCUT2D eigenvalue weighted by molar-refractivity contribution is -0.154. The van der Waals surface area contributed by atoms with Crippen LogP contribution >= 0.6 is 8.25 Å². The van der Waals surface area contributed by atoms with Gasteiger partial charge < -0.3 is 28.0 Å². The molecule has 4 unspecified atom stereocenters. The topological polar surface area (TPSA) is 141 Å². The van der Waals surface area contributed by atoms with Crippen molar-refractivity contribution in [1.29, 1.82) is 0 Å². The molecule has 0 radical (unpaired) electrons. The summed E-state index contributed by atoms with van der Waals surface area (Å²) in [6, 6.07) is 0. The van der Waals surface area contributed by atoms with Gasteiger partial charge in [0.25, 0.3) is 0 Å². The monoisotopic (exact) mass is 526 g/mol. The van der Waals surface area contributed by atoms with E-state index in [1.165, 1.54) is 66.6 Å². The van der Waals surface area contributed by atoms with Crippen LogP contribution in [-0.4, -0.2) is 64.5 Å². The largest absolute Gasteiger partial charge is 0.468 e. The lowest BCUT2D eigenvalue weighted by Crippen LogP contribution is -2.45. The zero-order chi connectivity index (χ0) is 27.4. The van der Waals surface area contributed by atoms with Crippen molar-refractivity contribution < 1.29 is 51.7 Å². The van der Waals surface area contributed by atoms with E-state index in [1.807, 2.05) is 0 Å². The van der Waals surface area contributed by atoms with Gasteiger partial charge in [-0.1, -0.05) is 11.1 Å². The molecule has 2 aliphatic carbocycles. The Kier molecular flexibility index (Phi) is 9.23. The van der Waals surface area contributed by atoms with E-state index in [2.05, 4.69) is 0 Å². The predicted molar refractivity (Wildman–Crippen MR) is 127 cm³/mol. The minimum Gasteiger partial charge on any atom is -0.468 e. The van der Waals surface area contributed by atoms with Crippen molar-refractivity contribution >= 4 is 32.1 Å². The molecule has 2 aliphatic rings. The number of carbonyl (C=O) groups excluding carboxylic acids is 4. The highest BCUT2D eigenvalue weighted by atomic mass is 31.1. The fourth-order valence-electron chi connectivity index (χ4n) is 3.98. The molecule has 12 heteroatoms. The average molecular weight is 526 g/mol. The van der Waals surface area contributed by atoms with Crippen molar-refractivity contribution in [2.45, 2.75) is 39.9 Å². The van der Waals surface area contributed by atoms with Crippen LogP contribution in [0.15, 0.2) is 46.6 Å². The summed E-state index contributed by atoms with van der Waals surface area (Å²) in [6.07, 6.45) is 3.00. The van der Waals surface area contributed by atoms with Crippen LogP contribution in [0.5, 0.6) is 0 Å². The molecule has 0 heterocycles. The second-order valence-electron chi connectivity index (χ2n) is 8.60. The summed E-state index contributed by atoms with van der Waals surface area (Å²) in [4.78, 5) is 49.7. The van der Waals surface area contributed by atoms with Crippen molar-refractivity contribution in [3.63, 3.8) is 0 Å². The quantitative estimate of drug-likeness (QED) is 0.262. The maximum absolute atomic E-state index is 13.2. The molecular formula is C24H31O11P. The predicted octanol–water partition coefficient (Wildman–Crippen LogP) is 2.62. The average Bonchev–Trinajstić information content (AvgIpc) is 2.86. The summed E-state index contributed by atoms with van der Waals surface area (Å²) >= 11 is 0. The Hall–Kier alpha value is -3.01. The first-order valence-corrected chi connectivity index (χ1v) is 12.1. The van der Waals surface area contributed by atoms with E-state index in [9.17, 15) is 23.7 Å². The van der Waals surface area contributed by atoms with Crippen LogP contribution in [0.3, 0.4) is 0 Å². The number of esters is 4. The van der Waals surface area contributed by atoms with E-state index in [-0.39, 0.29) is 11.1 Å². The van der Waals surface area contributed by atoms with Crippen molar-refractivity contribution in [1.82, 2.24) is 0 Å². The highest BCUT2D eigenvalue weighted by Crippen LogP contribution is 2.47. The van der Waals surface area contributed by atoms with Gasteiger partial charge in [0.2, 0.25) is 0 Å². The first-order valence-electron chi connectivity index (χ1n) is 10.8. The molecule has 36 heavy (non-hydrogen) atoms. The van der Waals surface area contributed by atoms with Crippen LogP contribution in [-0.2, 0) is 51.7 Å². The fraction of sp³-hybridized carbons (Fsp3) is 0.500. The van der Waals surface area contributed by atoms with E-state index in [0.717, 1.165) is 0 Å². The molecule has 0 spiro atoms. The molecule has 0 aromatic carbocycles. The molecule has 0 aromatic rings. The van der Waals surface area contributed by atoms with E-state index in [1.54, 1.807) is 13.8 Å². The first kappa shape index (κ1) is 29.2. The number of hydrogen-bond donors (Lipinski definition) is 0. The first-order chi connectivity index (χ1) is 16.8. The maximum Gasteiger partial charge on any atom is 0.337 e. The van der Waals surface area contributed by atoms with E-state index < -0.39 is 55.2 Å². The third kappa shape index (κ3) is 5.23. The number of hydrogen-bond acceptors (Lipinski definition) is 11. The van der Waals surface area contributed by atoms with Crippen molar-refractivity contribution in [3.8, 4) is 0 Å². The van der Waals surface area contributed by atoms with Crippen molar-refractivity contribution in [2.24, 2.45) is 10.8 Å². The van der Waals surface area contributed by atoms with Crippen molar-refractivity contribution in [2.75, 3.05) is 28.4 Å². The standard InChI is InChI=1S/C24H31O11P/c1-13-9-15(19(25)30-5)11-17(23(13,3)21(27)32-7)34-36(29)35-18-12-16(20(26)31-6)10-14(2)24(18,4)22(28)33-8/h9-12,17-18,36H,1-8H3. The SMILES string of the molecule is COC(=O)C1=CC(O[PH](=O)OC2C=C(C(=O)OC)C=C(C)C2(C)C(=O)OC)C(C)(C(=O)OC)C(C)=C1. The second-order valence-corrected chi connectivity index (χ2v) is 9.57. The normalized spacial score (nSPS) is 28.4. The lowest BCUT2D eigenvalue weighted by Gasteiger charge is -2.38. The highest BCUT2D eigenvalue weighted by molar-refractivity contribution is 7.33. The van der Waals surface area contributed by atoms with E-state index in [0.29, 0.717) is 11.1 Å². The minimum atomic E-state index is -3.48. The van der Waals surface area contributed by atoms with Crippen LogP contribution in [0, 0.1) is 10.8 Å². The lowest BCUT2D eigenvalue weighted by atomic mass is 9.73. The molecule has 198 valence electrons. The zero-order valence-corrected chi connectivity index (χ0v) is 22.5. The van der Waals surface area contributed by atoms with E-state index >= 15 is 0 Å².